The van der Waals surface area contributed by atoms with Crippen LogP contribution in [0, 0.1) is 11.6 Å². The van der Waals surface area contributed by atoms with Gasteiger partial charge in [-0.3, -0.25) is 0 Å². The molecule has 0 unspecified atom stereocenters. The molecule has 0 bridgehead atoms. The average molecular weight is 328 g/mol. The van der Waals surface area contributed by atoms with Crippen molar-refractivity contribution in [3.05, 3.63) is 41.1 Å². The van der Waals surface area contributed by atoms with Gasteiger partial charge in [-0.15, -0.1) is 11.8 Å². The zero-order chi connectivity index (χ0) is 16.1. The van der Waals surface area contributed by atoms with Crippen LogP contribution in [-0.4, -0.2) is 30.9 Å². The fraction of sp³-hybridized carbons (Fsp3) is 0.286. The Bertz CT molecular complexity index is 635. The lowest BCUT2D eigenvalue weighted by Crippen LogP contribution is -2.44. The summed E-state index contributed by atoms with van der Waals surface area (Å²) < 4.78 is 31.0. The molecule has 1 aliphatic heterocycles. The van der Waals surface area contributed by atoms with Crippen LogP contribution in [-0.2, 0) is 9.53 Å². The molecule has 0 fully saturated rings. The molecule has 2 rings (SSSR count). The minimum Gasteiger partial charge on any atom is -0.463 e. The number of ether oxygens (including phenoxy) is 1. The molecule has 0 aliphatic carbocycles. The third-order valence-electron chi connectivity index (χ3n) is 2.85. The normalized spacial score (nSPS) is 14.4. The van der Waals surface area contributed by atoms with Crippen molar-refractivity contribution in [2.24, 2.45) is 0 Å². The highest BCUT2D eigenvalue weighted by atomic mass is 32.2. The molecule has 22 heavy (non-hydrogen) atoms. The highest BCUT2D eigenvalue weighted by Crippen LogP contribution is 2.23. The molecule has 1 aromatic rings. The van der Waals surface area contributed by atoms with E-state index in [0.717, 1.165) is 12.1 Å². The van der Waals surface area contributed by atoms with Crippen LogP contribution >= 0.6 is 11.8 Å². The van der Waals surface area contributed by atoms with Crippen LogP contribution in [0.2, 0.25) is 0 Å². The van der Waals surface area contributed by atoms with E-state index in [-0.39, 0.29) is 18.9 Å². The summed E-state index contributed by atoms with van der Waals surface area (Å²) in [4.78, 5) is 23.7. The number of hydrogen-bond donors (Lipinski definition) is 2. The van der Waals surface area contributed by atoms with Crippen LogP contribution in [0.1, 0.15) is 6.92 Å². The van der Waals surface area contributed by atoms with Crippen molar-refractivity contribution in [1.82, 2.24) is 10.6 Å². The molecule has 1 aromatic carbocycles. The molecule has 0 saturated carbocycles. The number of carbonyl (C=O) groups excluding carboxylic acids is 2. The van der Waals surface area contributed by atoms with E-state index in [1.165, 1.54) is 17.8 Å². The maximum atomic E-state index is 13.2. The van der Waals surface area contributed by atoms with Gasteiger partial charge in [-0.25, -0.2) is 18.4 Å². The summed E-state index contributed by atoms with van der Waals surface area (Å²) >= 11 is 1.18. The van der Waals surface area contributed by atoms with Crippen LogP contribution in [0.25, 0.3) is 0 Å². The van der Waals surface area contributed by atoms with Gasteiger partial charge in [-0.05, 0) is 25.1 Å². The van der Waals surface area contributed by atoms with Crippen molar-refractivity contribution >= 4 is 23.8 Å². The highest BCUT2D eigenvalue weighted by Gasteiger charge is 2.23. The van der Waals surface area contributed by atoms with Crippen LogP contribution in [0.15, 0.2) is 34.4 Å². The van der Waals surface area contributed by atoms with E-state index < -0.39 is 23.6 Å². The van der Waals surface area contributed by atoms with Crippen molar-refractivity contribution in [3.8, 4) is 0 Å². The first-order valence-corrected chi connectivity index (χ1v) is 7.51. The minimum absolute atomic E-state index is 0.0678. The second-order valence-electron chi connectivity index (χ2n) is 4.35. The third kappa shape index (κ3) is 3.97. The molecule has 0 atom stereocenters. The summed E-state index contributed by atoms with van der Waals surface area (Å²) in [6.07, 6.45) is 0. The standard InChI is InChI=1S/C14H14F2N2O3S/c1-2-21-13(19)9-6-17-14(20)18-12(9)7-22-8-3-4-10(15)11(16)5-8/h3-5H,2,6-7H2,1H3,(H2,17,18,20). The maximum Gasteiger partial charge on any atom is 0.337 e. The van der Waals surface area contributed by atoms with Gasteiger partial charge in [0.15, 0.2) is 11.6 Å². The van der Waals surface area contributed by atoms with Gasteiger partial charge in [-0.1, -0.05) is 0 Å². The predicted molar refractivity (Wildman–Crippen MR) is 77.3 cm³/mol. The Hall–Kier alpha value is -2.09. The molecule has 5 nitrogen and oxygen atoms in total. The number of carbonyl (C=O) groups is 2. The molecule has 0 spiro atoms. The van der Waals surface area contributed by atoms with Crippen molar-refractivity contribution < 1.29 is 23.1 Å². The number of thioether (sulfide) groups is 1. The Morgan fingerprint density at radius 1 is 1.36 bits per heavy atom. The van der Waals surface area contributed by atoms with Gasteiger partial charge in [0.05, 0.1) is 18.7 Å². The van der Waals surface area contributed by atoms with E-state index >= 15 is 0 Å². The molecule has 2 amide bonds. The lowest BCUT2D eigenvalue weighted by molar-refractivity contribution is -0.138. The smallest absolute Gasteiger partial charge is 0.337 e. The number of halogens is 2. The van der Waals surface area contributed by atoms with Gasteiger partial charge < -0.3 is 15.4 Å². The number of urea groups is 1. The van der Waals surface area contributed by atoms with E-state index in [9.17, 15) is 18.4 Å². The third-order valence-corrected chi connectivity index (χ3v) is 3.87. The number of amides is 2. The first kappa shape index (κ1) is 16.3. The molecule has 118 valence electrons. The molecule has 8 heteroatoms. The molecule has 0 aromatic heterocycles. The summed E-state index contributed by atoms with van der Waals surface area (Å²) in [5.74, 6) is -2.16. The number of benzene rings is 1. The molecular weight excluding hydrogens is 314 g/mol. The van der Waals surface area contributed by atoms with Crippen molar-refractivity contribution in [3.63, 3.8) is 0 Å². The van der Waals surface area contributed by atoms with Crippen molar-refractivity contribution in [1.29, 1.82) is 0 Å². The first-order valence-electron chi connectivity index (χ1n) is 6.53. The fourth-order valence-corrected chi connectivity index (χ4v) is 2.70. The quantitative estimate of drug-likeness (QED) is 0.642. The van der Waals surface area contributed by atoms with Gasteiger partial charge in [0, 0.05) is 16.3 Å². The van der Waals surface area contributed by atoms with Gasteiger partial charge in [0.2, 0.25) is 0 Å². The zero-order valence-electron chi connectivity index (χ0n) is 11.7. The lowest BCUT2D eigenvalue weighted by Gasteiger charge is -2.21. The molecule has 0 saturated heterocycles. The Morgan fingerprint density at radius 3 is 2.82 bits per heavy atom. The second-order valence-corrected chi connectivity index (χ2v) is 5.40. The Morgan fingerprint density at radius 2 is 2.14 bits per heavy atom. The summed E-state index contributed by atoms with van der Waals surface area (Å²) in [6.45, 7) is 1.97. The van der Waals surface area contributed by atoms with Crippen LogP contribution in [0.4, 0.5) is 13.6 Å². The van der Waals surface area contributed by atoms with E-state index in [4.69, 9.17) is 4.74 Å². The molecule has 0 radical (unpaired) electrons. The maximum absolute atomic E-state index is 13.2. The Balaban J connectivity index is 2.13. The highest BCUT2D eigenvalue weighted by molar-refractivity contribution is 7.99. The van der Waals surface area contributed by atoms with Crippen molar-refractivity contribution in [2.45, 2.75) is 11.8 Å². The van der Waals surface area contributed by atoms with Gasteiger partial charge in [-0.2, -0.15) is 0 Å². The van der Waals surface area contributed by atoms with E-state index in [0.29, 0.717) is 16.2 Å². The summed E-state index contributed by atoms with van der Waals surface area (Å²) in [6, 6.07) is 3.09. The first-order chi connectivity index (χ1) is 10.5. The van der Waals surface area contributed by atoms with E-state index in [1.54, 1.807) is 6.92 Å². The number of esters is 1. The van der Waals surface area contributed by atoms with E-state index in [1.807, 2.05) is 0 Å². The zero-order valence-corrected chi connectivity index (χ0v) is 12.6. The molecule has 1 aliphatic rings. The lowest BCUT2D eigenvalue weighted by atomic mass is 10.2. The Kier molecular flexibility index (Phi) is 5.37. The topological polar surface area (TPSA) is 67.4 Å². The molecular formula is C14H14F2N2O3S. The summed E-state index contributed by atoms with van der Waals surface area (Å²) in [7, 11) is 0. The largest absolute Gasteiger partial charge is 0.463 e. The molecule has 2 N–H and O–H groups in total. The van der Waals surface area contributed by atoms with Crippen LogP contribution < -0.4 is 10.6 Å². The van der Waals surface area contributed by atoms with Crippen LogP contribution in [0.3, 0.4) is 0 Å². The number of hydrogen-bond acceptors (Lipinski definition) is 4. The molecule has 1 heterocycles. The van der Waals surface area contributed by atoms with Crippen molar-refractivity contribution in [2.75, 3.05) is 18.9 Å². The number of rotatable bonds is 5. The fourth-order valence-electron chi connectivity index (χ4n) is 1.79. The monoisotopic (exact) mass is 328 g/mol. The SMILES string of the molecule is CCOC(=O)C1=C(CSc2ccc(F)c(F)c2)NC(=O)NC1. The van der Waals surface area contributed by atoms with E-state index in [2.05, 4.69) is 10.6 Å². The van der Waals surface area contributed by atoms with Gasteiger partial charge in [0.1, 0.15) is 0 Å². The predicted octanol–water partition coefficient (Wildman–Crippen LogP) is 2.19. The summed E-state index contributed by atoms with van der Waals surface area (Å²) in [5.41, 5.74) is 0.716. The number of nitrogens with one attached hydrogen (secondary N) is 2. The van der Waals surface area contributed by atoms with Gasteiger partial charge >= 0.3 is 12.0 Å². The second kappa shape index (κ2) is 7.26. The summed E-state index contributed by atoms with van der Waals surface area (Å²) in [5, 5.41) is 5.03. The van der Waals surface area contributed by atoms with Crippen LogP contribution in [0.5, 0.6) is 0 Å². The average Bonchev–Trinajstić information content (AvgIpc) is 2.49. The van der Waals surface area contributed by atoms with Gasteiger partial charge in [0.25, 0.3) is 0 Å². The Labute approximate surface area is 130 Å². The minimum atomic E-state index is -0.945.